The molecule has 0 aromatic carbocycles. The van der Waals surface area contributed by atoms with E-state index in [2.05, 4.69) is 9.97 Å². The topological polar surface area (TPSA) is 111 Å². The van der Waals surface area contributed by atoms with Crippen molar-refractivity contribution in [2.24, 2.45) is 0 Å². The van der Waals surface area contributed by atoms with Crippen LogP contribution in [-0.2, 0) is 5.41 Å². The van der Waals surface area contributed by atoms with Gasteiger partial charge in [0.05, 0.1) is 5.56 Å². The standard InChI is InChI=1S/C13H14N4O4/c1-13(2,3)9-4-8(12(18)19)5-10(15-9)16-6-11(14-7-16)17(20)21/h4-7H,1-3H3,(H,18,19). The van der Waals surface area contributed by atoms with Gasteiger partial charge in [-0.2, -0.15) is 0 Å². The summed E-state index contributed by atoms with van der Waals surface area (Å²) in [6.45, 7) is 5.71. The van der Waals surface area contributed by atoms with Gasteiger partial charge in [0.15, 0.2) is 0 Å². The lowest BCUT2D eigenvalue weighted by Gasteiger charge is -2.19. The number of nitrogens with zero attached hydrogens (tertiary/aromatic N) is 4. The molecule has 0 aliphatic heterocycles. The summed E-state index contributed by atoms with van der Waals surface area (Å²) in [4.78, 5) is 29.3. The smallest absolute Gasteiger partial charge is 0.381 e. The first-order valence-electron chi connectivity index (χ1n) is 6.13. The van der Waals surface area contributed by atoms with Gasteiger partial charge in [-0.15, -0.1) is 0 Å². The van der Waals surface area contributed by atoms with Crippen molar-refractivity contribution in [2.75, 3.05) is 0 Å². The molecule has 0 saturated carbocycles. The summed E-state index contributed by atoms with van der Waals surface area (Å²) in [6.07, 6.45) is 2.43. The molecule has 0 atom stereocenters. The zero-order valence-electron chi connectivity index (χ0n) is 11.8. The van der Waals surface area contributed by atoms with Crippen LogP contribution < -0.4 is 0 Å². The number of pyridine rings is 1. The minimum Gasteiger partial charge on any atom is -0.478 e. The first kappa shape index (κ1) is 14.6. The average molecular weight is 290 g/mol. The van der Waals surface area contributed by atoms with Gasteiger partial charge in [0.2, 0.25) is 6.33 Å². The number of hydrogen-bond donors (Lipinski definition) is 1. The Hall–Kier alpha value is -2.77. The van der Waals surface area contributed by atoms with E-state index in [4.69, 9.17) is 0 Å². The van der Waals surface area contributed by atoms with Crippen molar-refractivity contribution in [3.05, 3.63) is 46.0 Å². The second-order valence-corrected chi connectivity index (χ2v) is 5.55. The summed E-state index contributed by atoms with van der Waals surface area (Å²) in [5.41, 5.74) is 0.294. The number of imidazole rings is 1. The van der Waals surface area contributed by atoms with Crippen molar-refractivity contribution in [3.63, 3.8) is 0 Å². The molecule has 0 aliphatic carbocycles. The van der Waals surface area contributed by atoms with Crippen LogP contribution in [0.3, 0.4) is 0 Å². The highest BCUT2D eigenvalue weighted by molar-refractivity contribution is 5.88. The van der Waals surface area contributed by atoms with Crippen LogP contribution in [0.1, 0.15) is 36.8 Å². The number of carboxylic acids is 1. The number of carbonyl (C=O) groups is 1. The molecule has 8 nitrogen and oxygen atoms in total. The van der Waals surface area contributed by atoms with E-state index in [0.29, 0.717) is 5.69 Å². The number of carboxylic acid groups (broad SMARTS) is 1. The van der Waals surface area contributed by atoms with Crippen molar-refractivity contribution >= 4 is 11.8 Å². The normalized spacial score (nSPS) is 11.4. The van der Waals surface area contributed by atoms with E-state index >= 15 is 0 Å². The van der Waals surface area contributed by atoms with Crippen LogP contribution in [0.5, 0.6) is 0 Å². The molecule has 2 rings (SSSR count). The van der Waals surface area contributed by atoms with E-state index in [-0.39, 0.29) is 22.6 Å². The maximum atomic E-state index is 11.2. The fraction of sp³-hybridized carbons (Fsp3) is 0.308. The molecule has 2 aromatic rings. The van der Waals surface area contributed by atoms with Gasteiger partial charge in [0.1, 0.15) is 12.0 Å². The van der Waals surface area contributed by atoms with Crippen LogP contribution in [0.15, 0.2) is 24.7 Å². The Labute approximate surface area is 120 Å². The third-order valence-corrected chi connectivity index (χ3v) is 2.85. The fourth-order valence-electron chi connectivity index (χ4n) is 1.69. The van der Waals surface area contributed by atoms with Crippen LogP contribution in [0.4, 0.5) is 5.82 Å². The molecule has 0 radical (unpaired) electrons. The first-order chi connectivity index (χ1) is 9.68. The van der Waals surface area contributed by atoms with Crippen LogP contribution in [0.2, 0.25) is 0 Å². The molecule has 21 heavy (non-hydrogen) atoms. The molecule has 0 unspecified atom stereocenters. The molecule has 110 valence electrons. The third-order valence-electron chi connectivity index (χ3n) is 2.85. The maximum absolute atomic E-state index is 11.2. The van der Waals surface area contributed by atoms with Crippen molar-refractivity contribution in [1.82, 2.24) is 14.5 Å². The highest BCUT2D eigenvalue weighted by Crippen LogP contribution is 2.23. The number of aromatic nitrogens is 3. The molecule has 0 bridgehead atoms. The van der Waals surface area contributed by atoms with Gasteiger partial charge in [-0.3, -0.25) is 4.57 Å². The van der Waals surface area contributed by atoms with E-state index in [1.54, 1.807) is 0 Å². The van der Waals surface area contributed by atoms with Crippen LogP contribution in [-0.4, -0.2) is 30.5 Å². The monoisotopic (exact) mass is 290 g/mol. The van der Waals surface area contributed by atoms with Crippen LogP contribution in [0, 0.1) is 10.1 Å². The number of aromatic carboxylic acids is 1. The lowest BCUT2D eigenvalue weighted by atomic mass is 9.91. The minimum absolute atomic E-state index is 0.0706. The molecule has 0 fully saturated rings. The number of hydrogen-bond acceptors (Lipinski definition) is 5. The molecule has 8 heteroatoms. The largest absolute Gasteiger partial charge is 0.478 e. The predicted octanol–water partition coefficient (Wildman–Crippen LogP) is 2.17. The van der Waals surface area contributed by atoms with E-state index in [0.717, 1.165) is 0 Å². The molecule has 0 amide bonds. The van der Waals surface area contributed by atoms with Gasteiger partial charge in [0, 0.05) is 11.1 Å². The van der Waals surface area contributed by atoms with Crippen molar-refractivity contribution in [1.29, 1.82) is 0 Å². The highest BCUT2D eigenvalue weighted by atomic mass is 16.6. The Morgan fingerprint density at radius 3 is 2.52 bits per heavy atom. The molecule has 2 heterocycles. The predicted molar refractivity (Wildman–Crippen MR) is 73.7 cm³/mol. The second kappa shape index (κ2) is 4.97. The van der Waals surface area contributed by atoms with Crippen molar-refractivity contribution in [2.45, 2.75) is 26.2 Å². The first-order valence-corrected chi connectivity index (χ1v) is 6.13. The number of nitro groups is 1. The second-order valence-electron chi connectivity index (χ2n) is 5.55. The lowest BCUT2D eigenvalue weighted by Crippen LogP contribution is -2.16. The van der Waals surface area contributed by atoms with Gasteiger partial charge in [-0.05, 0) is 22.0 Å². The molecule has 1 N–H and O–H groups in total. The molecule has 0 saturated heterocycles. The zero-order valence-corrected chi connectivity index (χ0v) is 11.8. The Bertz CT molecular complexity index is 715. The Morgan fingerprint density at radius 1 is 1.38 bits per heavy atom. The molecular formula is C13H14N4O4. The molecular weight excluding hydrogens is 276 g/mol. The Balaban J connectivity index is 2.59. The number of rotatable bonds is 3. The third kappa shape index (κ3) is 3.04. The summed E-state index contributed by atoms with van der Waals surface area (Å²) < 4.78 is 1.33. The average Bonchev–Trinajstić information content (AvgIpc) is 2.86. The van der Waals surface area contributed by atoms with Crippen LogP contribution in [0.25, 0.3) is 5.82 Å². The Kier molecular flexibility index (Phi) is 3.46. The zero-order chi connectivity index (χ0) is 15.8. The van der Waals surface area contributed by atoms with Crippen molar-refractivity contribution < 1.29 is 14.8 Å². The molecule has 0 spiro atoms. The fourth-order valence-corrected chi connectivity index (χ4v) is 1.69. The minimum atomic E-state index is -1.08. The molecule has 0 aliphatic rings. The summed E-state index contributed by atoms with van der Waals surface area (Å²) in [5, 5.41) is 19.8. The van der Waals surface area contributed by atoms with Crippen LogP contribution >= 0.6 is 0 Å². The van der Waals surface area contributed by atoms with E-state index in [1.807, 2.05) is 20.8 Å². The molecule has 2 aromatic heterocycles. The maximum Gasteiger partial charge on any atom is 0.381 e. The van der Waals surface area contributed by atoms with Gasteiger partial charge >= 0.3 is 11.8 Å². The quantitative estimate of drug-likeness (QED) is 0.685. The van der Waals surface area contributed by atoms with Gasteiger partial charge in [-0.1, -0.05) is 20.8 Å². The highest BCUT2D eigenvalue weighted by Gasteiger charge is 2.20. The summed E-state index contributed by atoms with van der Waals surface area (Å²) in [7, 11) is 0. The van der Waals surface area contributed by atoms with Gasteiger partial charge in [0.25, 0.3) is 0 Å². The summed E-state index contributed by atoms with van der Waals surface area (Å²) in [5.74, 6) is -1.13. The van der Waals surface area contributed by atoms with E-state index in [1.165, 1.54) is 29.2 Å². The van der Waals surface area contributed by atoms with Gasteiger partial charge < -0.3 is 15.2 Å². The van der Waals surface area contributed by atoms with Crippen molar-refractivity contribution in [3.8, 4) is 5.82 Å². The van der Waals surface area contributed by atoms with E-state index < -0.39 is 10.9 Å². The van der Waals surface area contributed by atoms with E-state index in [9.17, 15) is 20.0 Å². The SMILES string of the molecule is CC(C)(C)c1cc(C(=O)O)cc(-n2cnc([N+](=O)[O-])c2)n1. The summed E-state index contributed by atoms with van der Waals surface area (Å²) in [6, 6.07) is 2.85. The Morgan fingerprint density at radius 2 is 2.05 bits per heavy atom. The summed E-state index contributed by atoms with van der Waals surface area (Å²) >= 11 is 0. The van der Waals surface area contributed by atoms with Gasteiger partial charge in [-0.25, -0.2) is 9.78 Å². The lowest BCUT2D eigenvalue weighted by molar-refractivity contribution is -0.389.